The maximum absolute atomic E-state index is 12.5. The van der Waals surface area contributed by atoms with E-state index < -0.39 is 4.92 Å². The number of benzene rings is 1. The Morgan fingerprint density at radius 2 is 1.97 bits per heavy atom. The molecular formula is C21H24N4O5. The van der Waals surface area contributed by atoms with E-state index in [2.05, 4.69) is 4.98 Å². The second kappa shape index (κ2) is 9.73. The largest absolute Gasteiger partial charge is 0.493 e. The molecule has 158 valence electrons. The molecule has 9 heteroatoms. The number of hydrogen-bond donors (Lipinski definition) is 0. The molecule has 1 aromatic carbocycles. The standard InChI is InChI=1S/C21H24N4O5/c1-3-30-18-7-4-16(14-19(18)29-2)5-9-21(26)24-12-10-23(11-13-24)20-8-6-17(15-22-20)25(27)28/h4-9,14-15H,3,10-13H2,1-2H3/b9-5+. The number of carbonyl (C=O) groups excluding carboxylic acids is 1. The summed E-state index contributed by atoms with van der Waals surface area (Å²) in [7, 11) is 1.58. The predicted octanol–water partition coefficient (Wildman–Crippen LogP) is 2.76. The first-order chi connectivity index (χ1) is 14.5. The molecule has 3 rings (SSSR count). The molecule has 0 bridgehead atoms. The van der Waals surface area contributed by atoms with E-state index in [4.69, 9.17) is 9.47 Å². The SMILES string of the molecule is CCOc1ccc(/C=C/C(=O)N2CCN(c3ccc([N+](=O)[O-])cn3)CC2)cc1OC. The number of amides is 1. The predicted molar refractivity (Wildman–Crippen MR) is 113 cm³/mol. The molecule has 2 aromatic rings. The van der Waals surface area contributed by atoms with Crippen LogP contribution in [0.1, 0.15) is 12.5 Å². The zero-order valence-corrected chi connectivity index (χ0v) is 17.0. The summed E-state index contributed by atoms with van der Waals surface area (Å²) < 4.78 is 10.8. The lowest BCUT2D eigenvalue weighted by molar-refractivity contribution is -0.385. The third-order valence-electron chi connectivity index (χ3n) is 4.76. The number of nitrogens with zero attached hydrogens (tertiary/aromatic N) is 4. The fourth-order valence-corrected chi connectivity index (χ4v) is 3.16. The van der Waals surface area contributed by atoms with Gasteiger partial charge in [0.05, 0.1) is 18.6 Å². The van der Waals surface area contributed by atoms with E-state index >= 15 is 0 Å². The van der Waals surface area contributed by atoms with Crippen molar-refractivity contribution in [2.75, 3.05) is 44.8 Å². The first kappa shape index (κ1) is 21.1. The highest BCUT2D eigenvalue weighted by Gasteiger charge is 2.21. The van der Waals surface area contributed by atoms with Gasteiger partial charge in [-0.25, -0.2) is 4.98 Å². The molecule has 1 aliphatic rings. The van der Waals surface area contributed by atoms with Gasteiger partial charge < -0.3 is 19.3 Å². The van der Waals surface area contributed by atoms with E-state index in [0.29, 0.717) is 50.1 Å². The quantitative estimate of drug-likeness (QED) is 0.392. The van der Waals surface area contributed by atoms with Gasteiger partial charge in [-0.3, -0.25) is 14.9 Å². The van der Waals surface area contributed by atoms with E-state index in [1.807, 2.05) is 30.0 Å². The zero-order valence-electron chi connectivity index (χ0n) is 17.0. The molecule has 0 spiro atoms. The van der Waals surface area contributed by atoms with Crippen molar-refractivity contribution in [3.05, 3.63) is 58.3 Å². The van der Waals surface area contributed by atoms with Gasteiger partial charge in [-0.05, 0) is 36.8 Å². The van der Waals surface area contributed by atoms with Crippen molar-refractivity contribution >= 4 is 23.5 Å². The molecule has 1 aromatic heterocycles. The summed E-state index contributed by atoms with van der Waals surface area (Å²) in [5, 5.41) is 10.7. The number of piperazine rings is 1. The van der Waals surface area contributed by atoms with Crippen LogP contribution in [0.3, 0.4) is 0 Å². The van der Waals surface area contributed by atoms with Crippen molar-refractivity contribution in [2.24, 2.45) is 0 Å². The molecule has 0 radical (unpaired) electrons. The average molecular weight is 412 g/mol. The molecule has 1 aliphatic heterocycles. The highest BCUT2D eigenvalue weighted by Crippen LogP contribution is 2.28. The third kappa shape index (κ3) is 5.05. The minimum Gasteiger partial charge on any atom is -0.493 e. The van der Waals surface area contributed by atoms with Gasteiger partial charge in [0.2, 0.25) is 5.91 Å². The normalized spacial score (nSPS) is 14.1. The van der Waals surface area contributed by atoms with Crippen molar-refractivity contribution in [1.29, 1.82) is 0 Å². The summed E-state index contributed by atoms with van der Waals surface area (Å²) in [6.07, 6.45) is 4.56. The number of nitro groups is 1. The topological polar surface area (TPSA) is 98.0 Å². The highest BCUT2D eigenvalue weighted by molar-refractivity contribution is 5.92. The van der Waals surface area contributed by atoms with Crippen LogP contribution in [-0.2, 0) is 4.79 Å². The van der Waals surface area contributed by atoms with Crippen LogP contribution >= 0.6 is 0 Å². The number of carbonyl (C=O) groups is 1. The Kier molecular flexibility index (Phi) is 6.84. The van der Waals surface area contributed by atoms with E-state index in [1.54, 1.807) is 30.2 Å². The van der Waals surface area contributed by atoms with Crippen LogP contribution < -0.4 is 14.4 Å². The molecule has 30 heavy (non-hydrogen) atoms. The molecular weight excluding hydrogens is 388 g/mol. The lowest BCUT2D eigenvalue weighted by Gasteiger charge is -2.34. The van der Waals surface area contributed by atoms with Gasteiger partial charge in [0.25, 0.3) is 5.69 Å². The molecule has 2 heterocycles. The molecule has 9 nitrogen and oxygen atoms in total. The highest BCUT2D eigenvalue weighted by atomic mass is 16.6. The lowest BCUT2D eigenvalue weighted by atomic mass is 10.2. The molecule has 0 N–H and O–H groups in total. The van der Waals surface area contributed by atoms with Crippen LogP contribution in [0.15, 0.2) is 42.6 Å². The summed E-state index contributed by atoms with van der Waals surface area (Å²) in [6.45, 7) is 4.78. The number of anilines is 1. The summed E-state index contributed by atoms with van der Waals surface area (Å²) in [4.78, 5) is 30.7. The molecule has 1 saturated heterocycles. The van der Waals surface area contributed by atoms with E-state index in [9.17, 15) is 14.9 Å². The van der Waals surface area contributed by atoms with Crippen LogP contribution in [0, 0.1) is 10.1 Å². The van der Waals surface area contributed by atoms with Gasteiger partial charge in [-0.2, -0.15) is 0 Å². The maximum Gasteiger partial charge on any atom is 0.287 e. The first-order valence-electron chi connectivity index (χ1n) is 9.65. The summed E-state index contributed by atoms with van der Waals surface area (Å²) in [5.41, 5.74) is 0.806. The van der Waals surface area contributed by atoms with Crippen molar-refractivity contribution in [2.45, 2.75) is 6.92 Å². The Morgan fingerprint density at radius 1 is 1.20 bits per heavy atom. The van der Waals surface area contributed by atoms with Gasteiger partial charge in [-0.1, -0.05) is 6.07 Å². The second-order valence-corrected chi connectivity index (χ2v) is 6.62. The maximum atomic E-state index is 12.5. The molecule has 0 aliphatic carbocycles. The molecule has 0 saturated carbocycles. The first-order valence-corrected chi connectivity index (χ1v) is 9.65. The Morgan fingerprint density at radius 3 is 2.57 bits per heavy atom. The summed E-state index contributed by atoms with van der Waals surface area (Å²) in [5.74, 6) is 1.89. The zero-order chi connectivity index (χ0) is 21.5. The number of aromatic nitrogens is 1. The van der Waals surface area contributed by atoms with Gasteiger partial charge >= 0.3 is 0 Å². The Hall–Kier alpha value is -3.62. The van der Waals surface area contributed by atoms with Crippen molar-refractivity contribution < 1.29 is 19.2 Å². The minimum absolute atomic E-state index is 0.0383. The van der Waals surface area contributed by atoms with E-state index in [-0.39, 0.29) is 11.6 Å². The number of pyridine rings is 1. The minimum atomic E-state index is -0.473. The number of ether oxygens (including phenoxy) is 2. The van der Waals surface area contributed by atoms with Crippen LogP contribution in [0.5, 0.6) is 11.5 Å². The van der Waals surface area contributed by atoms with Crippen LogP contribution in [0.2, 0.25) is 0 Å². The van der Waals surface area contributed by atoms with Crippen molar-refractivity contribution in [1.82, 2.24) is 9.88 Å². The Bertz CT molecular complexity index is 921. The van der Waals surface area contributed by atoms with Crippen LogP contribution in [-0.4, -0.2) is 60.6 Å². The van der Waals surface area contributed by atoms with E-state index in [0.717, 1.165) is 5.56 Å². The van der Waals surface area contributed by atoms with Gasteiger partial charge in [0.15, 0.2) is 11.5 Å². The van der Waals surface area contributed by atoms with Gasteiger partial charge in [0.1, 0.15) is 12.0 Å². The van der Waals surface area contributed by atoms with Crippen LogP contribution in [0.25, 0.3) is 6.08 Å². The summed E-state index contributed by atoms with van der Waals surface area (Å²) in [6, 6.07) is 8.59. The smallest absolute Gasteiger partial charge is 0.287 e. The number of rotatable bonds is 7. The molecule has 0 unspecified atom stereocenters. The second-order valence-electron chi connectivity index (χ2n) is 6.62. The van der Waals surface area contributed by atoms with Crippen molar-refractivity contribution in [3.63, 3.8) is 0 Å². The lowest BCUT2D eigenvalue weighted by Crippen LogP contribution is -2.48. The molecule has 1 fully saturated rings. The summed E-state index contributed by atoms with van der Waals surface area (Å²) >= 11 is 0. The number of hydrogen-bond acceptors (Lipinski definition) is 7. The molecule has 1 amide bonds. The Labute approximate surface area is 174 Å². The average Bonchev–Trinajstić information content (AvgIpc) is 2.78. The van der Waals surface area contributed by atoms with Gasteiger partial charge in [0, 0.05) is 38.3 Å². The fourth-order valence-electron chi connectivity index (χ4n) is 3.16. The monoisotopic (exact) mass is 412 g/mol. The fraction of sp³-hybridized carbons (Fsp3) is 0.333. The Balaban J connectivity index is 1.57. The van der Waals surface area contributed by atoms with Gasteiger partial charge in [-0.15, -0.1) is 0 Å². The van der Waals surface area contributed by atoms with E-state index in [1.165, 1.54) is 12.3 Å². The third-order valence-corrected chi connectivity index (χ3v) is 4.76. The molecule has 0 atom stereocenters. The van der Waals surface area contributed by atoms with Crippen LogP contribution in [0.4, 0.5) is 11.5 Å². The van der Waals surface area contributed by atoms with Crippen molar-refractivity contribution in [3.8, 4) is 11.5 Å². The number of methoxy groups -OCH3 is 1.